The van der Waals surface area contributed by atoms with Crippen LogP contribution in [0.3, 0.4) is 0 Å². The van der Waals surface area contributed by atoms with Crippen LogP contribution in [0.1, 0.15) is 39.5 Å². The van der Waals surface area contributed by atoms with Crippen molar-refractivity contribution in [1.82, 2.24) is 15.5 Å². The molecular formula is C20H30F3N5O. The molecule has 1 atom stereocenters. The molecule has 29 heavy (non-hydrogen) atoms. The topological polar surface area (TPSA) is 68.8 Å². The van der Waals surface area contributed by atoms with Crippen LogP contribution in [0.5, 0.6) is 0 Å². The van der Waals surface area contributed by atoms with Crippen LogP contribution >= 0.6 is 0 Å². The number of nitrogens with one attached hydrogen (secondary N) is 3. The molecule has 1 aromatic rings. The van der Waals surface area contributed by atoms with Gasteiger partial charge in [-0.1, -0.05) is 6.42 Å². The van der Waals surface area contributed by atoms with Gasteiger partial charge in [0.25, 0.3) is 0 Å². The largest absolute Gasteiger partial charge is 0.357 e. The van der Waals surface area contributed by atoms with E-state index in [0.29, 0.717) is 25.1 Å². The lowest BCUT2D eigenvalue weighted by Gasteiger charge is -2.33. The third-order valence-electron chi connectivity index (χ3n) is 4.89. The highest BCUT2D eigenvalue weighted by Gasteiger charge is 2.17. The number of halogens is 3. The van der Waals surface area contributed by atoms with Crippen LogP contribution < -0.4 is 16.0 Å². The van der Waals surface area contributed by atoms with Crippen LogP contribution in [-0.4, -0.2) is 55.5 Å². The van der Waals surface area contributed by atoms with E-state index in [1.807, 2.05) is 6.92 Å². The maximum absolute atomic E-state index is 13.6. The van der Waals surface area contributed by atoms with Crippen LogP contribution in [-0.2, 0) is 4.79 Å². The quantitative estimate of drug-likeness (QED) is 0.265. The zero-order chi connectivity index (χ0) is 21.2. The maximum Gasteiger partial charge on any atom is 0.246 e. The molecule has 1 heterocycles. The number of guanidine groups is 1. The third-order valence-corrected chi connectivity index (χ3v) is 4.89. The van der Waals surface area contributed by atoms with Gasteiger partial charge in [-0.15, -0.1) is 0 Å². The van der Waals surface area contributed by atoms with Gasteiger partial charge in [-0.05, 0) is 51.8 Å². The molecule has 6 nitrogen and oxygen atoms in total. The summed E-state index contributed by atoms with van der Waals surface area (Å²) in [5.41, 5.74) is -0.419. The number of benzene rings is 1. The number of aliphatic imine (C=N–C) groups is 1. The average Bonchev–Trinajstić information content (AvgIpc) is 2.71. The van der Waals surface area contributed by atoms with Crippen molar-refractivity contribution in [3.8, 4) is 0 Å². The number of anilines is 1. The molecule has 1 aliphatic heterocycles. The predicted molar refractivity (Wildman–Crippen MR) is 108 cm³/mol. The number of rotatable bonds is 8. The highest BCUT2D eigenvalue weighted by atomic mass is 19.2. The summed E-state index contributed by atoms with van der Waals surface area (Å²) in [6.45, 7) is 7.34. The molecule has 1 fully saturated rings. The Morgan fingerprint density at radius 2 is 2.00 bits per heavy atom. The monoisotopic (exact) mass is 413 g/mol. The van der Waals surface area contributed by atoms with Crippen molar-refractivity contribution in [3.05, 3.63) is 29.6 Å². The molecule has 0 aliphatic carbocycles. The van der Waals surface area contributed by atoms with Gasteiger partial charge in [0.1, 0.15) is 6.54 Å². The number of hydrogen-bond acceptors (Lipinski definition) is 3. The minimum absolute atomic E-state index is 0.281. The van der Waals surface area contributed by atoms with E-state index in [4.69, 9.17) is 0 Å². The maximum atomic E-state index is 13.6. The van der Waals surface area contributed by atoms with Crippen molar-refractivity contribution < 1.29 is 18.0 Å². The van der Waals surface area contributed by atoms with Crippen LogP contribution in [0.25, 0.3) is 0 Å². The molecule has 1 aromatic carbocycles. The van der Waals surface area contributed by atoms with Crippen LogP contribution in [0, 0.1) is 17.5 Å². The fraction of sp³-hybridized carbons (Fsp3) is 0.600. The van der Waals surface area contributed by atoms with E-state index in [1.165, 1.54) is 19.3 Å². The summed E-state index contributed by atoms with van der Waals surface area (Å²) < 4.78 is 39.8. The lowest BCUT2D eigenvalue weighted by Crippen LogP contribution is -2.41. The SMILES string of the molecule is CCNC(=NCC(=O)Nc1ccc(F)c(F)c1F)NCCCN1CCCCC1C. The number of carbonyl (C=O) groups excluding carboxylic acids is 1. The lowest BCUT2D eigenvalue weighted by molar-refractivity contribution is -0.114. The van der Waals surface area contributed by atoms with Crippen molar-refractivity contribution in [2.75, 3.05) is 38.0 Å². The van der Waals surface area contributed by atoms with E-state index in [9.17, 15) is 18.0 Å². The van der Waals surface area contributed by atoms with Crippen molar-refractivity contribution in [3.63, 3.8) is 0 Å². The highest BCUT2D eigenvalue weighted by molar-refractivity contribution is 5.94. The van der Waals surface area contributed by atoms with Gasteiger partial charge in [0.15, 0.2) is 23.4 Å². The fourth-order valence-electron chi connectivity index (χ4n) is 3.28. The molecule has 3 N–H and O–H groups in total. The second-order valence-electron chi connectivity index (χ2n) is 7.13. The highest BCUT2D eigenvalue weighted by Crippen LogP contribution is 2.19. The number of nitrogens with zero attached hydrogens (tertiary/aromatic N) is 2. The minimum atomic E-state index is -1.62. The van der Waals surface area contributed by atoms with Gasteiger partial charge in [-0.3, -0.25) is 4.79 Å². The summed E-state index contributed by atoms with van der Waals surface area (Å²) in [7, 11) is 0. The summed E-state index contributed by atoms with van der Waals surface area (Å²) in [5, 5.41) is 8.41. The van der Waals surface area contributed by atoms with Crippen molar-refractivity contribution in [2.45, 2.75) is 45.6 Å². The molecule has 0 bridgehead atoms. The molecule has 1 saturated heterocycles. The molecule has 162 valence electrons. The molecule has 9 heteroatoms. The Kier molecular flexibility index (Phi) is 9.24. The number of likely N-dealkylation sites (tertiary alicyclic amines) is 1. The minimum Gasteiger partial charge on any atom is -0.357 e. The predicted octanol–water partition coefficient (Wildman–Crippen LogP) is 2.86. The number of amides is 1. The molecule has 0 aromatic heterocycles. The average molecular weight is 413 g/mol. The smallest absolute Gasteiger partial charge is 0.246 e. The molecule has 0 radical (unpaired) electrons. The lowest BCUT2D eigenvalue weighted by atomic mass is 10.0. The Hall–Kier alpha value is -2.29. The van der Waals surface area contributed by atoms with E-state index < -0.39 is 29.0 Å². The second-order valence-corrected chi connectivity index (χ2v) is 7.13. The van der Waals surface area contributed by atoms with Gasteiger partial charge < -0.3 is 20.9 Å². The first-order valence-corrected chi connectivity index (χ1v) is 10.1. The van der Waals surface area contributed by atoms with Gasteiger partial charge in [0.2, 0.25) is 5.91 Å². The molecule has 1 unspecified atom stereocenters. The zero-order valence-corrected chi connectivity index (χ0v) is 17.0. The normalized spacial score (nSPS) is 17.8. The summed E-state index contributed by atoms with van der Waals surface area (Å²) in [5.74, 6) is -4.52. The first-order chi connectivity index (χ1) is 13.9. The first kappa shape index (κ1) is 23.0. The van der Waals surface area contributed by atoms with E-state index >= 15 is 0 Å². The standard InChI is InChI=1S/C20H30F3N5O/c1-3-24-20(25-10-6-12-28-11-5-4-7-14(28)2)26-13-17(29)27-16-9-8-15(21)18(22)19(16)23/h8-9,14H,3-7,10-13H2,1-2H3,(H,27,29)(H2,24,25,26). The molecular weight excluding hydrogens is 383 g/mol. The van der Waals surface area contributed by atoms with Crippen molar-refractivity contribution in [2.24, 2.45) is 4.99 Å². The first-order valence-electron chi connectivity index (χ1n) is 10.1. The van der Waals surface area contributed by atoms with Gasteiger partial charge >= 0.3 is 0 Å². The van der Waals surface area contributed by atoms with E-state index in [2.05, 4.69) is 32.8 Å². The van der Waals surface area contributed by atoms with Crippen LogP contribution in [0.2, 0.25) is 0 Å². The van der Waals surface area contributed by atoms with Crippen molar-refractivity contribution >= 4 is 17.6 Å². The van der Waals surface area contributed by atoms with E-state index in [1.54, 1.807) is 0 Å². The third kappa shape index (κ3) is 7.23. The van der Waals surface area contributed by atoms with Gasteiger partial charge in [-0.2, -0.15) is 0 Å². The van der Waals surface area contributed by atoms with E-state index in [0.717, 1.165) is 31.6 Å². The van der Waals surface area contributed by atoms with E-state index in [-0.39, 0.29) is 6.54 Å². The Morgan fingerprint density at radius 3 is 2.72 bits per heavy atom. The fourth-order valence-corrected chi connectivity index (χ4v) is 3.28. The summed E-state index contributed by atoms with van der Waals surface area (Å²) >= 11 is 0. The van der Waals surface area contributed by atoms with Crippen molar-refractivity contribution in [1.29, 1.82) is 0 Å². The molecule has 1 amide bonds. The Labute approximate surface area is 169 Å². The van der Waals surface area contributed by atoms with Gasteiger partial charge in [-0.25, -0.2) is 18.2 Å². The molecule has 2 rings (SSSR count). The Morgan fingerprint density at radius 1 is 1.21 bits per heavy atom. The van der Waals surface area contributed by atoms with Crippen LogP contribution in [0.15, 0.2) is 17.1 Å². The summed E-state index contributed by atoms with van der Waals surface area (Å²) in [4.78, 5) is 18.6. The van der Waals surface area contributed by atoms with Crippen LogP contribution in [0.4, 0.5) is 18.9 Å². The Bertz CT molecular complexity index is 714. The Balaban J connectivity index is 1.80. The number of piperidine rings is 1. The molecule has 1 aliphatic rings. The number of carbonyl (C=O) groups is 1. The zero-order valence-electron chi connectivity index (χ0n) is 17.0. The van der Waals surface area contributed by atoms with Gasteiger partial charge in [0, 0.05) is 25.7 Å². The molecule has 0 spiro atoms. The number of hydrogen-bond donors (Lipinski definition) is 3. The summed E-state index contributed by atoms with van der Waals surface area (Å²) in [6, 6.07) is 2.35. The second kappa shape index (κ2) is 11.6. The molecule has 0 saturated carbocycles. The summed E-state index contributed by atoms with van der Waals surface area (Å²) in [6.07, 6.45) is 4.73. The van der Waals surface area contributed by atoms with Gasteiger partial charge in [0.05, 0.1) is 5.69 Å².